The van der Waals surface area contributed by atoms with Gasteiger partial charge in [-0.3, -0.25) is 4.99 Å². The van der Waals surface area contributed by atoms with Crippen LogP contribution in [0.3, 0.4) is 0 Å². The van der Waals surface area contributed by atoms with E-state index in [0.717, 1.165) is 50.3 Å². The number of ether oxygens (including phenoxy) is 1. The Kier molecular flexibility index (Phi) is 5.55. The Bertz CT molecular complexity index is 464. The van der Waals surface area contributed by atoms with E-state index in [4.69, 9.17) is 4.74 Å². The number of anilines is 1. The van der Waals surface area contributed by atoms with Crippen molar-refractivity contribution < 1.29 is 4.74 Å². The van der Waals surface area contributed by atoms with E-state index in [1.807, 2.05) is 44.2 Å². The number of nitrogens with one attached hydrogen (secondary N) is 1. The molecule has 0 aromatic heterocycles. The van der Waals surface area contributed by atoms with E-state index in [-0.39, 0.29) is 0 Å². The van der Waals surface area contributed by atoms with Crippen molar-refractivity contribution in [2.75, 3.05) is 38.2 Å². The van der Waals surface area contributed by atoms with E-state index < -0.39 is 0 Å². The molecular weight excluding hydrogens is 252 g/mol. The van der Waals surface area contributed by atoms with Gasteiger partial charge in [-0.25, -0.2) is 4.99 Å². The summed E-state index contributed by atoms with van der Waals surface area (Å²) in [6, 6.07) is 10.1. The molecule has 0 saturated carbocycles. The summed E-state index contributed by atoms with van der Waals surface area (Å²) in [4.78, 5) is 11.1. The predicted octanol–water partition coefficient (Wildman–Crippen LogP) is 2.23. The van der Waals surface area contributed by atoms with Crippen molar-refractivity contribution in [3.05, 3.63) is 30.3 Å². The first-order valence-electron chi connectivity index (χ1n) is 7.04. The Labute approximate surface area is 120 Å². The molecule has 0 spiro atoms. The molecule has 0 radical (unpaired) electrons. The highest BCUT2D eigenvalue weighted by molar-refractivity contribution is 6.01. The summed E-state index contributed by atoms with van der Waals surface area (Å²) in [6.07, 6.45) is 0. The van der Waals surface area contributed by atoms with Crippen LogP contribution < -0.4 is 5.32 Å². The number of rotatable bonds is 2. The molecular formula is C15H22N4O. The third-order valence-electron chi connectivity index (χ3n) is 3.00. The van der Waals surface area contributed by atoms with Crippen LogP contribution in [-0.4, -0.2) is 49.5 Å². The summed E-state index contributed by atoms with van der Waals surface area (Å²) >= 11 is 0. The van der Waals surface area contributed by atoms with Gasteiger partial charge in [0.15, 0.2) is 0 Å². The summed E-state index contributed by atoms with van der Waals surface area (Å²) < 4.78 is 5.40. The van der Waals surface area contributed by atoms with E-state index in [9.17, 15) is 0 Å². The van der Waals surface area contributed by atoms with Gasteiger partial charge < -0.3 is 15.0 Å². The van der Waals surface area contributed by atoms with Gasteiger partial charge in [-0.1, -0.05) is 18.2 Å². The van der Waals surface area contributed by atoms with Crippen LogP contribution >= 0.6 is 0 Å². The number of aliphatic imine (C=N–C) groups is 2. The number of nitrogens with zero attached hydrogens (tertiary/aromatic N) is 3. The molecule has 1 N–H and O–H groups in total. The van der Waals surface area contributed by atoms with Crippen LogP contribution in [0.4, 0.5) is 5.69 Å². The molecule has 0 amide bonds. The average molecular weight is 274 g/mol. The smallest absolute Gasteiger partial charge is 0.205 e. The minimum atomic E-state index is 0.736. The average Bonchev–Trinajstić information content (AvgIpc) is 2.49. The van der Waals surface area contributed by atoms with Crippen LogP contribution in [0, 0.1) is 0 Å². The zero-order chi connectivity index (χ0) is 14.2. The normalized spacial score (nSPS) is 17.2. The topological polar surface area (TPSA) is 49.2 Å². The summed E-state index contributed by atoms with van der Waals surface area (Å²) in [5, 5.41) is 3.38. The molecule has 108 valence electrons. The van der Waals surface area contributed by atoms with Crippen LogP contribution in [0.25, 0.3) is 0 Å². The highest BCUT2D eigenvalue weighted by Gasteiger charge is 2.15. The zero-order valence-corrected chi connectivity index (χ0v) is 12.2. The van der Waals surface area contributed by atoms with Gasteiger partial charge in [-0.2, -0.15) is 0 Å². The van der Waals surface area contributed by atoms with E-state index >= 15 is 0 Å². The van der Waals surface area contributed by atoms with Gasteiger partial charge in [0, 0.05) is 25.3 Å². The zero-order valence-electron chi connectivity index (χ0n) is 12.2. The molecule has 1 fully saturated rings. The van der Waals surface area contributed by atoms with Crippen molar-refractivity contribution in [2.45, 2.75) is 13.8 Å². The van der Waals surface area contributed by atoms with Crippen LogP contribution in [0.2, 0.25) is 0 Å². The second kappa shape index (κ2) is 7.65. The van der Waals surface area contributed by atoms with Crippen LogP contribution in [0.15, 0.2) is 40.3 Å². The maximum absolute atomic E-state index is 5.40. The van der Waals surface area contributed by atoms with Crippen molar-refractivity contribution in [2.24, 2.45) is 9.98 Å². The highest BCUT2D eigenvalue weighted by Crippen LogP contribution is 2.08. The Morgan fingerprint density at radius 2 is 1.95 bits per heavy atom. The highest BCUT2D eigenvalue weighted by atomic mass is 16.5. The maximum atomic E-state index is 5.40. The minimum absolute atomic E-state index is 0.736. The fourth-order valence-electron chi connectivity index (χ4n) is 2.02. The van der Waals surface area contributed by atoms with Gasteiger partial charge in [-0.15, -0.1) is 0 Å². The molecule has 1 aromatic rings. The van der Waals surface area contributed by atoms with E-state index in [1.165, 1.54) is 0 Å². The van der Waals surface area contributed by atoms with Gasteiger partial charge >= 0.3 is 0 Å². The van der Waals surface area contributed by atoms with Gasteiger partial charge in [0.2, 0.25) is 5.96 Å². The number of para-hydroxylation sites is 1. The van der Waals surface area contributed by atoms with Crippen LogP contribution in [0.5, 0.6) is 0 Å². The largest absolute Gasteiger partial charge is 0.378 e. The lowest BCUT2D eigenvalue weighted by Crippen LogP contribution is -2.44. The quantitative estimate of drug-likeness (QED) is 0.664. The summed E-state index contributed by atoms with van der Waals surface area (Å²) in [6.45, 7) is 7.85. The second-order valence-electron chi connectivity index (χ2n) is 4.55. The Balaban J connectivity index is 2.17. The third-order valence-corrected chi connectivity index (χ3v) is 3.00. The summed E-state index contributed by atoms with van der Waals surface area (Å²) in [5.41, 5.74) is 1.03. The number of morpholine rings is 1. The monoisotopic (exact) mass is 274 g/mol. The van der Waals surface area contributed by atoms with E-state index in [1.54, 1.807) is 0 Å². The SMILES string of the molecule is CCN=C(C)N=C(Nc1ccccc1)N1CCOCC1. The molecule has 1 aliphatic heterocycles. The Morgan fingerprint density at radius 1 is 1.25 bits per heavy atom. The van der Waals surface area contributed by atoms with Crippen molar-refractivity contribution in [1.82, 2.24) is 4.90 Å². The van der Waals surface area contributed by atoms with Gasteiger partial charge in [0.25, 0.3) is 0 Å². The first-order valence-corrected chi connectivity index (χ1v) is 7.04. The van der Waals surface area contributed by atoms with Crippen LogP contribution in [0.1, 0.15) is 13.8 Å². The Hall–Kier alpha value is -1.88. The van der Waals surface area contributed by atoms with Gasteiger partial charge in [0.1, 0.15) is 5.84 Å². The molecule has 0 unspecified atom stereocenters. The second-order valence-corrected chi connectivity index (χ2v) is 4.55. The maximum Gasteiger partial charge on any atom is 0.205 e. The summed E-state index contributed by atoms with van der Waals surface area (Å²) in [7, 11) is 0. The summed E-state index contributed by atoms with van der Waals surface area (Å²) in [5.74, 6) is 1.63. The molecule has 1 heterocycles. The van der Waals surface area contributed by atoms with Crippen molar-refractivity contribution in [1.29, 1.82) is 0 Å². The first kappa shape index (κ1) is 14.5. The lowest BCUT2D eigenvalue weighted by atomic mass is 10.3. The third kappa shape index (κ3) is 4.35. The standard InChI is InChI=1S/C15H22N4O/c1-3-16-13(2)17-15(19-9-11-20-12-10-19)18-14-7-5-4-6-8-14/h4-8H,3,9-12H2,1-2H3,(H,16,17,18). The van der Waals surface area contributed by atoms with Crippen molar-refractivity contribution in [3.63, 3.8) is 0 Å². The minimum Gasteiger partial charge on any atom is -0.378 e. The first-order chi connectivity index (χ1) is 9.79. The number of amidine groups is 1. The fourth-order valence-corrected chi connectivity index (χ4v) is 2.02. The molecule has 0 bridgehead atoms. The van der Waals surface area contributed by atoms with Gasteiger partial charge in [0.05, 0.1) is 13.2 Å². The fraction of sp³-hybridized carbons (Fsp3) is 0.467. The van der Waals surface area contributed by atoms with E-state index in [0.29, 0.717) is 0 Å². The lowest BCUT2D eigenvalue weighted by Gasteiger charge is -2.30. The Morgan fingerprint density at radius 3 is 2.60 bits per heavy atom. The number of guanidine groups is 1. The van der Waals surface area contributed by atoms with E-state index in [2.05, 4.69) is 20.2 Å². The van der Waals surface area contributed by atoms with Crippen molar-refractivity contribution >= 4 is 17.5 Å². The molecule has 0 aliphatic carbocycles. The molecule has 20 heavy (non-hydrogen) atoms. The molecule has 5 heteroatoms. The van der Waals surface area contributed by atoms with Gasteiger partial charge in [-0.05, 0) is 26.0 Å². The molecule has 0 atom stereocenters. The lowest BCUT2D eigenvalue weighted by molar-refractivity contribution is 0.0681. The van der Waals surface area contributed by atoms with Crippen LogP contribution in [-0.2, 0) is 4.74 Å². The molecule has 1 aromatic carbocycles. The molecule has 1 saturated heterocycles. The predicted molar refractivity (Wildman–Crippen MR) is 83.5 cm³/mol. The number of hydrogen-bond donors (Lipinski definition) is 1. The molecule has 5 nitrogen and oxygen atoms in total. The molecule has 1 aliphatic rings. The number of hydrogen-bond acceptors (Lipinski definition) is 2. The van der Waals surface area contributed by atoms with Crippen molar-refractivity contribution in [3.8, 4) is 0 Å². The molecule has 2 rings (SSSR count). The number of benzene rings is 1.